The minimum Gasteiger partial charge on any atom is -0.508 e. The van der Waals surface area contributed by atoms with Gasteiger partial charge in [-0.15, -0.1) is 0 Å². The summed E-state index contributed by atoms with van der Waals surface area (Å²) < 4.78 is 48.0. The third-order valence-electron chi connectivity index (χ3n) is 4.31. The maximum atomic E-state index is 15.3. The molecule has 1 aliphatic heterocycles. The summed E-state index contributed by atoms with van der Waals surface area (Å²) >= 11 is 0. The molecule has 1 saturated heterocycles. The second-order valence-electron chi connectivity index (χ2n) is 6.25. The molecule has 0 aromatic heterocycles. The monoisotopic (exact) mass is 402 g/mol. The first-order chi connectivity index (χ1) is 13.3. The fourth-order valence-corrected chi connectivity index (χ4v) is 4.20. The number of phenolic OH excluding ortho intramolecular Hbond substituents is 1. The van der Waals surface area contributed by atoms with Crippen LogP contribution in [0.5, 0.6) is 11.5 Å². The van der Waals surface area contributed by atoms with E-state index in [2.05, 4.69) is 0 Å². The van der Waals surface area contributed by atoms with Gasteiger partial charge in [-0.1, -0.05) is 30.3 Å². The Morgan fingerprint density at radius 1 is 1.14 bits per heavy atom. The van der Waals surface area contributed by atoms with Gasteiger partial charge in [-0.3, -0.25) is 4.79 Å². The van der Waals surface area contributed by atoms with E-state index in [0.29, 0.717) is 9.69 Å². The summed E-state index contributed by atoms with van der Waals surface area (Å²) in [5.74, 6) is -1.75. The van der Waals surface area contributed by atoms with Crippen LogP contribution in [0, 0.1) is 5.82 Å². The van der Waals surface area contributed by atoms with Gasteiger partial charge in [-0.05, 0) is 35.2 Å². The van der Waals surface area contributed by atoms with E-state index in [-0.39, 0.29) is 29.2 Å². The van der Waals surface area contributed by atoms with Crippen molar-refractivity contribution in [3.8, 4) is 11.5 Å². The fraction of sp³-hybridized carbons (Fsp3) is 0.105. The first-order valence-electron chi connectivity index (χ1n) is 8.30. The van der Waals surface area contributed by atoms with Crippen molar-refractivity contribution in [1.29, 1.82) is 0 Å². The van der Waals surface area contributed by atoms with Gasteiger partial charge in [0.15, 0.2) is 5.82 Å². The molecule has 0 bridgehead atoms. The van der Waals surface area contributed by atoms with Crippen LogP contribution in [-0.2, 0) is 21.6 Å². The van der Waals surface area contributed by atoms with E-state index in [4.69, 9.17) is 4.74 Å². The Labute approximate surface area is 160 Å². The number of hydrogen-bond donors (Lipinski definition) is 2. The number of fused-ring (bicyclic) bond motifs is 1. The van der Waals surface area contributed by atoms with Gasteiger partial charge in [0, 0.05) is 5.39 Å². The topological polar surface area (TPSA) is 95.9 Å². The number of carbonyl (C=O) groups excluding carboxylic acids is 1. The molecule has 3 aromatic rings. The Hall–Kier alpha value is -3.33. The van der Waals surface area contributed by atoms with Crippen molar-refractivity contribution < 1.29 is 27.4 Å². The molecule has 4 rings (SSSR count). The van der Waals surface area contributed by atoms with E-state index in [0.717, 1.165) is 5.56 Å². The standard InChI is InChI=1S/C19H15FN2O5S/c20-18-15-7-6-14(23)8-13(15)9-16(27-11-12-4-2-1-3-5-12)19(18)22-10-17(24)21-28(22,25)26/h1-9,23H,10-11H2,(H,21,24). The largest absolute Gasteiger partial charge is 0.508 e. The molecule has 2 N–H and O–H groups in total. The second kappa shape index (κ2) is 6.68. The van der Waals surface area contributed by atoms with Gasteiger partial charge in [-0.2, -0.15) is 8.42 Å². The third kappa shape index (κ3) is 3.20. The van der Waals surface area contributed by atoms with Crippen LogP contribution in [-0.4, -0.2) is 26.0 Å². The third-order valence-corrected chi connectivity index (χ3v) is 5.68. The number of carbonyl (C=O) groups is 1. The molecule has 144 valence electrons. The summed E-state index contributed by atoms with van der Waals surface area (Å²) in [7, 11) is -4.23. The van der Waals surface area contributed by atoms with Crippen molar-refractivity contribution in [3.05, 3.63) is 66.0 Å². The minimum absolute atomic E-state index is 0.0560. The van der Waals surface area contributed by atoms with Gasteiger partial charge >= 0.3 is 10.2 Å². The first-order valence-corrected chi connectivity index (χ1v) is 9.74. The molecule has 1 aliphatic rings. The van der Waals surface area contributed by atoms with Crippen LogP contribution in [0.3, 0.4) is 0 Å². The highest BCUT2D eigenvalue weighted by molar-refractivity contribution is 7.92. The van der Waals surface area contributed by atoms with Crippen LogP contribution < -0.4 is 13.8 Å². The molecule has 7 nitrogen and oxygen atoms in total. The predicted octanol–water partition coefficient (Wildman–Crippen LogP) is 2.44. The molecule has 28 heavy (non-hydrogen) atoms. The lowest BCUT2D eigenvalue weighted by Crippen LogP contribution is -2.30. The number of amides is 1. The average Bonchev–Trinajstić information content (AvgIpc) is 2.92. The van der Waals surface area contributed by atoms with E-state index in [1.807, 2.05) is 22.9 Å². The number of nitrogens with zero attached hydrogens (tertiary/aromatic N) is 1. The van der Waals surface area contributed by atoms with Crippen LogP contribution in [0.4, 0.5) is 10.1 Å². The molecule has 1 fully saturated rings. The van der Waals surface area contributed by atoms with E-state index in [1.54, 1.807) is 12.1 Å². The smallest absolute Gasteiger partial charge is 0.326 e. The van der Waals surface area contributed by atoms with Crippen LogP contribution in [0.1, 0.15) is 5.56 Å². The summed E-state index contributed by atoms with van der Waals surface area (Å²) in [5.41, 5.74) is 0.441. The zero-order valence-electron chi connectivity index (χ0n) is 14.4. The lowest BCUT2D eigenvalue weighted by atomic mass is 10.1. The van der Waals surface area contributed by atoms with Gasteiger partial charge in [0.25, 0.3) is 5.91 Å². The Bertz CT molecular complexity index is 1180. The number of nitrogens with one attached hydrogen (secondary N) is 1. The van der Waals surface area contributed by atoms with Crippen LogP contribution in [0.2, 0.25) is 0 Å². The molecule has 1 heterocycles. The van der Waals surface area contributed by atoms with Crippen molar-refractivity contribution >= 4 is 32.6 Å². The maximum absolute atomic E-state index is 15.3. The van der Waals surface area contributed by atoms with E-state index < -0.39 is 28.5 Å². The number of benzene rings is 3. The summed E-state index contributed by atoms with van der Waals surface area (Å²) in [4.78, 5) is 11.6. The van der Waals surface area contributed by atoms with Crippen molar-refractivity contribution in [1.82, 2.24) is 4.72 Å². The van der Waals surface area contributed by atoms with Gasteiger partial charge < -0.3 is 9.84 Å². The summed E-state index contributed by atoms with van der Waals surface area (Å²) in [6, 6.07) is 14.5. The van der Waals surface area contributed by atoms with Crippen LogP contribution in [0.25, 0.3) is 10.8 Å². The summed E-state index contributed by atoms with van der Waals surface area (Å²) in [6.07, 6.45) is 0. The van der Waals surface area contributed by atoms with E-state index in [9.17, 15) is 18.3 Å². The quantitative estimate of drug-likeness (QED) is 0.699. The molecule has 0 unspecified atom stereocenters. The minimum atomic E-state index is -4.23. The normalized spacial score (nSPS) is 15.6. The number of hydrogen-bond acceptors (Lipinski definition) is 5. The maximum Gasteiger partial charge on any atom is 0.326 e. The molecule has 0 radical (unpaired) electrons. The lowest BCUT2D eigenvalue weighted by Gasteiger charge is -2.21. The Morgan fingerprint density at radius 2 is 1.89 bits per heavy atom. The zero-order valence-corrected chi connectivity index (χ0v) is 15.2. The lowest BCUT2D eigenvalue weighted by molar-refractivity contribution is -0.117. The zero-order chi connectivity index (χ0) is 19.9. The molecule has 0 atom stereocenters. The highest BCUT2D eigenvalue weighted by Crippen LogP contribution is 2.40. The molecule has 0 saturated carbocycles. The average molecular weight is 402 g/mol. The molecular formula is C19H15FN2O5S. The highest BCUT2D eigenvalue weighted by Gasteiger charge is 2.38. The number of anilines is 1. The number of rotatable bonds is 4. The molecule has 0 aliphatic carbocycles. The molecule has 3 aromatic carbocycles. The van der Waals surface area contributed by atoms with Crippen molar-refractivity contribution in [2.45, 2.75) is 6.61 Å². The summed E-state index contributed by atoms with van der Waals surface area (Å²) in [5, 5.41) is 10.1. The van der Waals surface area contributed by atoms with E-state index in [1.165, 1.54) is 24.3 Å². The highest BCUT2D eigenvalue weighted by atomic mass is 32.2. The van der Waals surface area contributed by atoms with E-state index >= 15 is 4.39 Å². The Morgan fingerprint density at radius 3 is 2.57 bits per heavy atom. The van der Waals surface area contributed by atoms with Gasteiger partial charge in [0.05, 0.1) is 0 Å². The first kappa shape index (κ1) is 18.1. The molecular weight excluding hydrogens is 387 g/mol. The van der Waals surface area contributed by atoms with Crippen molar-refractivity contribution in [2.24, 2.45) is 0 Å². The second-order valence-corrected chi connectivity index (χ2v) is 7.85. The van der Waals surface area contributed by atoms with Crippen molar-refractivity contribution in [3.63, 3.8) is 0 Å². The predicted molar refractivity (Wildman–Crippen MR) is 101 cm³/mol. The SMILES string of the molecule is O=C1CN(c2c(OCc3ccccc3)cc3cc(O)ccc3c2F)S(=O)(=O)N1. The molecule has 1 amide bonds. The Balaban J connectivity index is 1.86. The number of ether oxygens (including phenoxy) is 1. The van der Waals surface area contributed by atoms with Gasteiger partial charge in [0.2, 0.25) is 0 Å². The fourth-order valence-electron chi connectivity index (χ4n) is 3.04. The van der Waals surface area contributed by atoms with Crippen LogP contribution >= 0.6 is 0 Å². The number of phenols is 1. The number of aromatic hydroxyl groups is 1. The van der Waals surface area contributed by atoms with Gasteiger partial charge in [0.1, 0.15) is 30.3 Å². The number of halogens is 1. The summed E-state index contributed by atoms with van der Waals surface area (Å²) in [6.45, 7) is -0.489. The molecule has 9 heteroatoms. The van der Waals surface area contributed by atoms with Crippen molar-refractivity contribution in [2.75, 3.05) is 10.8 Å². The van der Waals surface area contributed by atoms with Crippen LogP contribution in [0.15, 0.2) is 54.6 Å². The van der Waals surface area contributed by atoms with Gasteiger partial charge in [-0.25, -0.2) is 13.4 Å². The Kier molecular flexibility index (Phi) is 4.31. The molecule has 0 spiro atoms.